The van der Waals surface area contributed by atoms with Crippen LogP contribution in [0.1, 0.15) is 6.92 Å². The normalized spacial score (nSPS) is 12.0. The Morgan fingerprint density at radius 1 is 1.26 bits per heavy atom. The molecule has 0 saturated heterocycles. The summed E-state index contributed by atoms with van der Waals surface area (Å²) >= 11 is 6.14. The smallest absolute Gasteiger partial charge is 0.338 e. The highest BCUT2D eigenvalue weighted by Crippen LogP contribution is 2.33. The summed E-state index contributed by atoms with van der Waals surface area (Å²) in [7, 11) is 2.98. The first-order valence-electron chi connectivity index (χ1n) is 8.03. The SMILES string of the molecule is COC(=O)[C@H](C)N(C)c1ccc2c(-c3ccc(F)cc3Cl)cc(=O)oc2n1. The predicted octanol–water partition coefficient (Wildman–Crippen LogP) is 3.65. The van der Waals surface area contributed by atoms with Crippen molar-refractivity contribution >= 4 is 34.5 Å². The number of likely N-dealkylation sites (N-methyl/N-ethyl adjacent to an activating group) is 1. The molecule has 1 atom stereocenters. The van der Waals surface area contributed by atoms with Crippen LogP contribution >= 0.6 is 11.6 Å². The van der Waals surface area contributed by atoms with E-state index in [1.165, 1.54) is 31.4 Å². The van der Waals surface area contributed by atoms with Crippen molar-refractivity contribution in [2.45, 2.75) is 13.0 Å². The Hall–Kier alpha value is -2.93. The lowest BCUT2D eigenvalue weighted by molar-refractivity contribution is -0.141. The van der Waals surface area contributed by atoms with Crippen molar-refractivity contribution in [1.82, 2.24) is 4.98 Å². The van der Waals surface area contributed by atoms with Crippen LogP contribution in [0.15, 0.2) is 45.6 Å². The summed E-state index contributed by atoms with van der Waals surface area (Å²) in [6.45, 7) is 1.67. The van der Waals surface area contributed by atoms with Crippen molar-refractivity contribution in [3.63, 3.8) is 0 Å². The van der Waals surface area contributed by atoms with Gasteiger partial charge < -0.3 is 14.1 Å². The van der Waals surface area contributed by atoms with Gasteiger partial charge in [0.15, 0.2) is 0 Å². The van der Waals surface area contributed by atoms with Crippen LogP contribution < -0.4 is 10.5 Å². The number of ether oxygens (including phenoxy) is 1. The highest BCUT2D eigenvalue weighted by molar-refractivity contribution is 6.33. The van der Waals surface area contributed by atoms with Gasteiger partial charge in [-0.1, -0.05) is 11.6 Å². The molecule has 0 aliphatic heterocycles. The van der Waals surface area contributed by atoms with Crippen LogP contribution in [0.2, 0.25) is 5.02 Å². The molecule has 1 aromatic carbocycles. The first-order chi connectivity index (χ1) is 12.8. The zero-order chi connectivity index (χ0) is 19.7. The average molecular weight is 391 g/mol. The highest BCUT2D eigenvalue weighted by Gasteiger charge is 2.21. The Labute approximate surface area is 159 Å². The Morgan fingerprint density at radius 3 is 2.67 bits per heavy atom. The van der Waals surface area contributed by atoms with E-state index in [0.29, 0.717) is 22.3 Å². The molecule has 0 radical (unpaired) electrons. The number of pyridine rings is 1. The zero-order valence-electron chi connectivity index (χ0n) is 14.8. The van der Waals surface area contributed by atoms with Crippen LogP contribution in [0.25, 0.3) is 22.2 Å². The van der Waals surface area contributed by atoms with Crippen molar-refractivity contribution < 1.29 is 18.3 Å². The second-order valence-corrected chi connectivity index (χ2v) is 6.34. The third-order valence-electron chi connectivity index (χ3n) is 4.30. The fourth-order valence-electron chi connectivity index (χ4n) is 2.69. The Kier molecular flexibility index (Phi) is 5.14. The minimum absolute atomic E-state index is 0.0827. The minimum atomic E-state index is -0.619. The van der Waals surface area contributed by atoms with Gasteiger partial charge in [-0.05, 0) is 37.3 Å². The second-order valence-electron chi connectivity index (χ2n) is 5.94. The molecule has 27 heavy (non-hydrogen) atoms. The van der Waals surface area contributed by atoms with Gasteiger partial charge >= 0.3 is 11.6 Å². The predicted molar refractivity (Wildman–Crippen MR) is 101 cm³/mol. The number of carbonyl (C=O) groups excluding carboxylic acids is 1. The molecule has 0 spiro atoms. The van der Waals surface area contributed by atoms with Gasteiger partial charge in [0.05, 0.1) is 12.1 Å². The molecule has 3 aromatic rings. The minimum Gasteiger partial charge on any atom is -0.467 e. The first-order valence-corrected chi connectivity index (χ1v) is 8.40. The van der Waals surface area contributed by atoms with Crippen molar-refractivity contribution in [1.29, 1.82) is 0 Å². The first kappa shape index (κ1) is 18.8. The lowest BCUT2D eigenvalue weighted by Crippen LogP contribution is -2.37. The lowest BCUT2D eigenvalue weighted by Gasteiger charge is -2.23. The van der Waals surface area contributed by atoms with E-state index >= 15 is 0 Å². The van der Waals surface area contributed by atoms with Crippen LogP contribution in [0.3, 0.4) is 0 Å². The third kappa shape index (κ3) is 3.64. The number of nitrogens with zero attached hydrogens (tertiary/aromatic N) is 2. The molecule has 0 amide bonds. The van der Waals surface area contributed by atoms with E-state index in [0.717, 1.165) is 0 Å². The van der Waals surface area contributed by atoms with Crippen molar-refractivity contribution in [2.75, 3.05) is 19.1 Å². The standard InChI is InChI=1S/C19H16ClFN2O4/c1-10(19(25)26-3)23(2)16-7-6-13-14(9-17(24)27-18(13)22-16)12-5-4-11(21)8-15(12)20/h4-10H,1-3H3/t10-/m0/s1. The second kappa shape index (κ2) is 7.36. The largest absolute Gasteiger partial charge is 0.467 e. The molecule has 0 aliphatic rings. The topological polar surface area (TPSA) is 72.6 Å². The van der Waals surface area contributed by atoms with Crippen LogP contribution in [0, 0.1) is 5.82 Å². The van der Waals surface area contributed by atoms with Gasteiger partial charge in [-0.25, -0.2) is 14.0 Å². The molecule has 0 saturated carbocycles. The molecular weight excluding hydrogens is 375 g/mol. The van der Waals surface area contributed by atoms with Gasteiger partial charge in [0, 0.05) is 29.6 Å². The molecule has 2 heterocycles. The summed E-state index contributed by atoms with van der Waals surface area (Å²) in [4.78, 5) is 29.7. The summed E-state index contributed by atoms with van der Waals surface area (Å²) in [5, 5.41) is 0.702. The van der Waals surface area contributed by atoms with E-state index in [9.17, 15) is 14.0 Å². The van der Waals surface area contributed by atoms with Gasteiger partial charge in [0.25, 0.3) is 0 Å². The molecule has 3 rings (SSSR count). The number of benzene rings is 1. The van der Waals surface area contributed by atoms with E-state index < -0.39 is 23.5 Å². The maximum absolute atomic E-state index is 13.3. The summed E-state index contributed by atoms with van der Waals surface area (Å²) in [6, 6.07) is 8.01. The number of hydrogen-bond acceptors (Lipinski definition) is 6. The number of rotatable bonds is 4. The molecule has 0 bridgehead atoms. The van der Waals surface area contributed by atoms with E-state index in [4.69, 9.17) is 20.8 Å². The number of methoxy groups -OCH3 is 1. The fraction of sp³-hybridized carbons (Fsp3) is 0.211. The van der Waals surface area contributed by atoms with Gasteiger partial charge in [-0.3, -0.25) is 0 Å². The average Bonchev–Trinajstić information content (AvgIpc) is 2.65. The molecule has 0 fully saturated rings. The van der Waals surface area contributed by atoms with Gasteiger partial charge in [0.2, 0.25) is 5.71 Å². The van der Waals surface area contributed by atoms with Crippen molar-refractivity contribution in [3.05, 3.63) is 57.7 Å². The number of fused-ring (bicyclic) bond motifs is 1. The Balaban J connectivity index is 2.14. The number of halogens is 2. The van der Waals surface area contributed by atoms with E-state index in [1.54, 1.807) is 31.0 Å². The van der Waals surface area contributed by atoms with Crippen LogP contribution in [0.4, 0.5) is 10.2 Å². The number of hydrogen-bond donors (Lipinski definition) is 0. The Morgan fingerprint density at radius 2 is 2.00 bits per heavy atom. The molecule has 8 heteroatoms. The highest BCUT2D eigenvalue weighted by atomic mass is 35.5. The molecular formula is C19H16ClFN2O4. The zero-order valence-corrected chi connectivity index (χ0v) is 15.6. The molecule has 2 aromatic heterocycles. The number of aromatic nitrogens is 1. The number of esters is 1. The van der Waals surface area contributed by atoms with E-state index in [-0.39, 0.29) is 10.7 Å². The molecule has 0 unspecified atom stereocenters. The number of anilines is 1. The summed E-state index contributed by atoms with van der Waals surface area (Å²) in [5.41, 5.74) is 0.432. The quantitative estimate of drug-likeness (QED) is 0.633. The van der Waals surface area contributed by atoms with Gasteiger partial charge in [-0.15, -0.1) is 0 Å². The molecule has 0 N–H and O–H groups in total. The monoisotopic (exact) mass is 390 g/mol. The van der Waals surface area contributed by atoms with E-state index in [1.807, 2.05) is 0 Å². The van der Waals surface area contributed by atoms with Crippen LogP contribution in [-0.2, 0) is 9.53 Å². The van der Waals surface area contributed by atoms with Crippen LogP contribution in [0.5, 0.6) is 0 Å². The van der Waals surface area contributed by atoms with Crippen molar-refractivity contribution in [3.8, 4) is 11.1 Å². The summed E-state index contributed by atoms with van der Waals surface area (Å²) in [5.74, 6) is -0.478. The summed E-state index contributed by atoms with van der Waals surface area (Å²) in [6.07, 6.45) is 0. The number of carbonyl (C=O) groups is 1. The van der Waals surface area contributed by atoms with Gasteiger partial charge in [0.1, 0.15) is 17.7 Å². The molecule has 6 nitrogen and oxygen atoms in total. The third-order valence-corrected chi connectivity index (χ3v) is 4.61. The van der Waals surface area contributed by atoms with Crippen molar-refractivity contribution in [2.24, 2.45) is 0 Å². The molecule has 0 aliphatic carbocycles. The summed E-state index contributed by atoms with van der Waals surface area (Å²) < 4.78 is 23.3. The maximum Gasteiger partial charge on any atom is 0.338 e. The van der Waals surface area contributed by atoms with E-state index in [2.05, 4.69) is 4.98 Å². The van der Waals surface area contributed by atoms with Gasteiger partial charge in [-0.2, -0.15) is 4.98 Å². The molecule has 140 valence electrons. The lowest BCUT2D eigenvalue weighted by atomic mass is 10.0. The van der Waals surface area contributed by atoms with Crippen LogP contribution in [-0.4, -0.2) is 31.2 Å². The Bertz CT molecular complexity index is 1080. The maximum atomic E-state index is 13.3. The fourth-order valence-corrected chi connectivity index (χ4v) is 2.96.